The first-order chi connectivity index (χ1) is 16.7. The molecular formula is C24H27N7O3S. The minimum Gasteiger partial charge on any atom is -0.480 e. The molecule has 0 saturated heterocycles. The van der Waals surface area contributed by atoms with Crippen molar-refractivity contribution in [3.8, 4) is 23.2 Å². The van der Waals surface area contributed by atoms with Gasteiger partial charge < -0.3 is 20.7 Å². The predicted molar refractivity (Wildman–Crippen MR) is 135 cm³/mol. The Kier molecular flexibility index (Phi) is 6.86. The molecule has 1 atom stereocenters. The van der Waals surface area contributed by atoms with E-state index in [-0.39, 0.29) is 11.2 Å². The fourth-order valence-electron chi connectivity index (χ4n) is 4.05. The summed E-state index contributed by atoms with van der Waals surface area (Å²) in [6.07, 6.45) is 4.51. The van der Waals surface area contributed by atoms with Crippen molar-refractivity contribution in [1.29, 1.82) is 5.26 Å². The summed E-state index contributed by atoms with van der Waals surface area (Å²) in [4.78, 5) is 13.1. The largest absolute Gasteiger partial charge is 0.480 e. The van der Waals surface area contributed by atoms with E-state index in [0.717, 1.165) is 16.8 Å². The number of fused-ring (bicyclic) bond motifs is 1. The van der Waals surface area contributed by atoms with Crippen LogP contribution in [0.1, 0.15) is 18.1 Å². The Balaban J connectivity index is 1.63. The minimum absolute atomic E-state index is 0.0747. The average molecular weight is 494 g/mol. The molecule has 0 aliphatic carbocycles. The van der Waals surface area contributed by atoms with Crippen LogP contribution >= 0.6 is 0 Å². The van der Waals surface area contributed by atoms with Gasteiger partial charge in [0.1, 0.15) is 21.6 Å². The van der Waals surface area contributed by atoms with Gasteiger partial charge in [0, 0.05) is 49.3 Å². The highest BCUT2D eigenvalue weighted by Gasteiger charge is 2.36. The topological polar surface area (TPSA) is 142 Å². The fourth-order valence-corrected chi connectivity index (χ4v) is 4.57. The molecular weight excluding hydrogens is 466 g/mol. The zero-order valence-corrected chi connectivity index (χ0v) is 20.6. The summed E-state index contributed by atoms with van der Waals surface area (Å²) < 4.78 is 28.2. The average Bonchev–Trinajstić information content (AvgIpc) is 3.18. The van der Waals surface area contributed by atoms with Crippen LogP contribution in [0.4, 0.5) is 17.3 Å². The molecule has 0 radical (unpaired) electrons. The molecule has 182 valence electrons. The monoisotopic (exact) mass is 493 g/mol. The number of aromatic nitrogens is 3. The van der Waals surface area contributed by atoms with E-state index in [9.17, 15) is 13.7 Å². The number of benzene rings is 1. The zero-order chi connectivity index (χ0) is 25.1. The molecule has 3 N–H and O–H groups in total. The number of anilines is 3. The molecule has 3 aromatic rings. The molecule has 11 heteroatoms. The number of hydrogen-bond acceptors (Lipinski definition) is 10. The number of ether oxygens (including phenoxy) is 1. The molecule has 3 heterocycles. The van der Waals surface area contributed by atoms with E-state index in [1.807, 2.05) is 18.2 Å². The quantitative estimate of drug-likeness (QED) is 0.381. The van der Waals surface area contributed by atoms with Crippen molar-refractivity contribution < 1.29 is 13.2 Å². The molecule has 0 bridgehead atoms. The van der Waals surface area contributed by atoms with Crippen molar-refractivity contribution in [1.82, 2.24) is 20.3 Å². The van der Waals surface area contributed by atoms with Crippen LogP contribution in [0, 0.1) is 11.3 Å². The number of hydrogen-bond donors (Lipinski definition) is 3. The van der Waals surface area contributed by atoms with Gasteiger partial charge in [0.25, 0.3) is 0 Å². The Hall–Kier alpha value is -3.75. The molecule has 1 unspecified atom stereocenters. The maximum Gasteiger partial charge on any atom is 0.237 e. The van der Waals surface area contributed by atoms with Gasteiger partial charge in [-0.05, 0) is 35.9 Å². The minimum atomic E-state index is -3.04. The summed E-state index contributed by atoms with van der Waals surface area (Å²) in [5.41, 5.74) is 4.07. The van der Waals surface area contributed by atoms with E-state index in [4.69, 9.17) is 4.74 Å². The summed E-state index contributed by atoms with van der Waals surface area (Å²) in [5, 5.41) is 19.6. The zero-order valence-electron chi connectivity index (χ0n) is 19.8. The van der Waals surface area contributed by atoms with Crippen molar-refractivity contribution in [2.24, 2.45) is 0 Å². The Morgan fingerprint density at radius 2 is 2.09 bits per heavy atom. The van der Waals surface area contributed by atoms with Gasteiger partial charge in [-0.2, -0.15) is 5.26 Å². The Morgan fingerprint density at radius 3 is 2.83 bits per heavy atom. The van der Waals surface area contributed by atoms with Crippen LogP contribution in [0.15, 0.2) is 42.7 Å². The lowest BCUT2D eigenvalue weighted by molar-refractivity contribution is 0.400. The molecule has 10 nitrogen and oxygen atoms in total. The molecule has 0 spiro atoms. The lowest BCUT2D eigenvalue weighted by Gasteiger charge is -2.25. The lowest BCUT2D eigenvalue weighted by atomic mass is 9.82. The number of methoxy groups -OCH3 is 1. The van der Waals surface area contributed by atoms with Gasteiger partial charge in [-0.1, -0.05) is 6.92 Å². The van der Waals surface area contributed by atoms with Crippen LogP contribution in [0.5, 0.6) is 5.88 Å². The molecule has 2 aromatic heterocycles. The van der Waals surface area contributed by atoms with E-state index >= 15 is 0 Å². The maximum atomic E-state index is 11.5. The second kappa shape index (κ2) is 9.85. The standard InChI is InChI=1S/C24H27N7O3S/c1-24(14-26-9-10-35(3,32)33)15-29-21-17(13-25)11-16(12-18(21)24)19-6-8-28-23(30-19)31-20-5-4-7-27-22(20)34-2/h4-8,11-12,26,29H,9-10,14-15H2,1-3H3,(H,28,30,31). The first-order valence-corrected chi connectivity index (χ1v) is 13.1. The summed E-state index contributed by atoms with van der Waals surface area (Å²) in [6.45, 7) is 3.65. The number of nitriles is 1. The van der Waals surface area contributed by atoms with Gasteiger partial charge in [-0.25, -0.2) is 23.4 Å². The van der Waals surface area contributed by atoms with Crippen LogP contribution in [0.2, 0.25) is 0 Å². The summed E-state index contributed by atoms with van der Waals surface area (Å²) in [5.74, 6) is 0.873. The molecule has 35 heavy (non-hydrogen) atoms. The van der Waals surface area contributed by atoms with Crippen LogP contribution in [-0.4, -0.2) is 62.1 Å². The Bertz CT molecular complexity index is 1390. The highest BCUT2D eigenvalue weighted by molar-refractivity contribution is 7.90. The third-order valence-corrected chi connectivity index (χ3v) is 6.84. The molecule has 1 aliphatic rings. The van der Waals surface area contributed by atoms with Gasteiger partial charge in [0.15, 0.2) is 0 Å². The van der Waals surface area contributed by atoms with Gasteiger partial charge in [-0.3, -0.25) is 0 Å². The molecule has 0 saturated carbocycles. The highest BCUT2D eigenvalue weighted by atomic mass is 32.2. The summed E-state index contributed by atoms with van der Waals surface area (Å²) in [7, 11) is -1.50. The molecule has 4 rings (SSSR count). The number of sulfone groups is 1. The van der Waals surface area contributed by atoms with Gasteiger partial charge in [0.05, 0.1) is 29.8 Å². The van der Waals surface area contributed by atoms with E-state index in [0.29, 0.717) is 48.4 Å². The lowest BCUT2D eigenvalue weighted by Crippen LogP contribution is -2.39. The molecule has 0 fully saturated rings. The van der Waals surface area contributed by atoms with E-state index < -0.39 is 9.84 Å². The first kappa shape index (κ1) is 24.4. The third-order valence-electron chi connectivity index (χ3n) is 5.89. The van der Waals surface area contributed by atoms with Crippen LogP contribution < -0.4 is 20.7 Å². The predicted octanol–water partition coefficient (Wildman–Crippen LogP) is 2.48. The van der Waals surface area contributed by atoms with Crippen molar-refractivity contribution in [3.05, 3.63) is 53.9 Å². The number of nitrogens with one attached hydrogen (secondary N) is 3. The third kappa shape index (κ3) is 5.50. The number of pyridine rings is 1. The van der Waals surface area contributed by atoms with Crippen LogP contribution in [0.3, 0.4) is 0 Å². The Labute approximate surface area is 204 Å². The normalized spacial score (nSPS) is 16.7. The SMILES string of the molecule is COc1ncccc1Nc1nccc(-c2cc(C#N)c3c(c2)C(C)(CNCCS(C)(=O)=O)CN3)n1. The van der Waals surface area contributed by atoms with Gasteiger partial charge >= 0.3 is 0 Å². The molecule has 1 aliphatic heterocycles. The number of nitrogens with zero attached hydrogens (tertiary/aromatic N) is 4. The van der Waals surface area contributed by atoms with E-state index in [1.54, 1.807) is 31.6 Å². The molecule has 1 aromatic carbocycles. The van der Waals surface area contributed by atoms with Crippen LogP contribution in [-0.2, 0) is 15.3 Å². The van der Waals surface area contributed by atoms with Gasteiger partial charge in [-0.15, -0.1) is 0 Å². The van der Waals surface area contributed by atoms with E-state index in [2.05, 4.69) is 43.9 Å². The smallest absolute Gasteiger partial charge is 0.237 e. The summed E-state index contributed by atoms with van der Waals surface area (Å²) in [6, 6.07) is 11.5. The van der Waals surface area contributed by atoms with Gasteiger partial charge in [0.2, 0.25) is 11.8 Å². The van der Waals surface area contributed by atoms with Crippen LogP contribution in [0.25, 0.3) is 11.3 Å². The second-order valence-electron chi connectivity index (χ2n) is 8.73. The van der Waals surface area contributed by atoms with Crippen molar-refractivity contribution in [2.45, 2.75) is 12.3 Å². The second-order valence-corrected chi connectivity index (χ2v) is 11.0. The fraction of sp³-hybridized carbons (Fsp3) is 0.333. The Morgan fingerprint density at radius 1 is 1.26 bits per heavy atom. The maximum absolute atomic E-state index is 11.5. The first-order valence-electron chi connectivity index (χ1n) is 11.0. The molecule has 0 amide bonds. The van der Waals surface area contributed by atoms with E-state index in [1.165, 1.54) is 6.26 Å². The number of rotatable bonds is 9. The summed E-state index contributed by atoms with van der Waals surface area (Å²) >= 11 is 0. The van der Waals surface area contributed by atoms with Crippen molar-refractivity contribution in [2.75, 3.05) is 49.4 Å². The van der Waals surface area contributed by atoms with Crippen molar-refractivity contribution in [3.63, 3.8) is 0 Å². The highest BCUT2D eigenvalue weighted by Crippen LogP contribution is 2.41. The van der Waals surface area contributed by atoms with Crippen molar-refractivity contribution >= 4 is 27.2 Å².